The van der Waals surface area contributed by atoms with Gasteiger partial charge in [0, 0.05) is 11.3 Å². The van der Waals surface area contributed by atoms with E-state index in [1.165, 1.54) is 12.1 Å². The minimum absolute atomic E-state index is 0. The zero-order chi connectivity index (χ0) is 8.43. The number of phenols is 1. The average molecular weight is 159 g/mol. The average Bonchev–Trinajstić information content (AvgIpc) is 1.94. The van der Waals surface area contributed by atoms with Crippen molar-refractivity contribution in [2.45, 2.75) is 0 Å². The van der Waals surface area contributed by atoms with E-state index in [9.17, 15) is 9.90 Å². The first kappa shape index (κ1) is 10.9. The summed E-state index contributed by atoms with van der Waals surface area (Å²) in [6.07, 6.45) is 0. The number of nitrogen functional groups attached to an aromatic ring is 1. The van der Waals surface area contributed by atoms with Gasteiger partial charge >= 0.3 is 18.9 Å². The van der Waals surface area contributed by atoms with Crippen LogP contribution in [0.4, 0.5) is 5.69 Å². The van der Waals surface area contributed by atoms with E-state index in [1.54, 1.807) is 0 Å². The monoisotopic (exact) mass is 159 g/mol. The maximum Gasteiger partial charge on any atom is 1.00 e. The molecule has 1 aromatic carbocycles. The van der Waals surface area contributed by atoms with Crippen LogP contribution in [0, 0.1) is 0 Å². The van der Waals surface area contributed by atoms with Crippen LogP contribution in [0.25, 0.3) is 0 Å². The molecule has 0 aliphatic carbocycles. The number of aromatic carboxylic acids is 1. The minimum atomic E-state index is -1.44. The van der Waals surface area contributed by atoms with Gasteiger partial charge in [0.15, 0.2) is 0 Å². The molecule has 1 aromatic rings. The molecular weight excluding hydrogens is 153 g/mol. The molecule has 0 heterocycles. The van der Waals surface area contributed by atoms with E-state index in [-0.39, 0.29) is 35.9 Å². The number of aromatic hydroxyl groups is 1. The van der Waals surface area contributed by atoms with E-state index in [0.29, 0.717) is 0 Å². The van der Waals surface area contributed by atoms with Crippen LogP contribution in [0.5, 0.6) is 5.75 Å². The smallest absolute Gasteiger partial charge is 0.545 e. The zero-order valence-corrected chi connectivity index (χ0v) is 6.57. The van der Waals surface area contributed by atoms with Gasteiger partial charge in [-0.05, 0) is 18.2 Å². The number of hydrogen-bond donors (Lipinski definition) is 2. The third-order valence-electron chi connectivity index (χ3n) is 1.24. The summed E-state index contributed by atoms with van der Waals surface area (Å²) in [4.78, 5) is 10.2. The van der Waals surface area contributed by atoms with Crippen LogP contribution in [-0.2, 0) is 0 Å². The van der Waals surface area contributed by atoms with Crippen molar-refractivity contribution < 1.29 is 33.9 Å². The van der Waals surface area contributed by atoms with Gasteiger partial charge in [-0.3, -0.25) is 0 Å². The van der Waals surface area contributed by atoms with E-state index in [0.717, 1.165) is 6.07 Å². The molecule has 58 valence electrons. The van der Waals surface area contributed by atoms with Crippen LogP contribution in [0.15, 0.2) is 18.2 Å². The zero-order valence-electron chi connectivity index (χ0n) is 6.57. The van der Waals surface area contributed by atoms with Gasteiger partial charge in [-0.2, -0.15) is 0 Å². The Morgan fingerprint density at radius 1 is 1.50 bits per heavy atom. The maximum absolute atomic E-state index is 10.2. The second-order valence-corrected chi connectivity index (χ2v) is 2.06. The van der Waals surface area contributed by atoms with Gasteiger partial charge in [-0.15, -0.1) is 0 Å². The van der Waals surface area contributed by atoms with Gasteiger partial charge < -0.3 is 20.7 Å². The van der Waals surface area contributed by atoms with Crippen molar-refractivity contribution in [3.8, 4) is 5.75 Å². The molecule has 5 heteroatoms. The fourth-order valence-corrected chi connectivity index (χ4v) is 0.717. The van der Waals surface area contributed by atoms with Gasteiger partial charge in [0.05, 0.1) is 5.97 Å². The van der Waals surface area contributed by atoms with Crippen molar-refractivity contribution in [3.63, 3.8) is 0 Å². The summed E-state index contributed by atoms with van der Waals surface area (Å²) >= 11 is 0. The third-order valence-corrected chi connectivity index (χ3v) is 1.24. The predicted molar refractivity (Wildman–Crippen MR) is 36.8 cm³/mol. The summed E-state index contributed by atoms with van der Waals surface area (Å²) in [6.45, 7) is 0. The van der Waals surface area contributed by atoms with E-state index in [1.807, 2.05) is 0 Å². The van der Waals surface area contributed by atoms with Crippen LogP contribution >= 0.6 is 0 Å². The minimum Gasteiger partial charge on any atom is -0.545 e. The quantitative estimate of drug-likeness (QED) is 0.251. The standard InChI is InChI=1S/C7H7NO3.Li/c8-4-1-2-6(9)5(3-4)7(10)11;/h1-3,9H,8H2,(H,10,11);/q;+1/p-1. The second kappa shape index (κ2) is 4.05. The van der Waals surface area contributed by atoms with Crippen LogP contribution in [0.1, 0.15) is 10.4 Å². The molecule has 0 unspecified atom stereocenters. The first-order valence-electron chi connectivity index (χ1n) is 2.91. The molecule has 0 saturated heterocycles. The van der Waals surface area contributed by atoms with Crippen molar-refractivity contribution in [1.82, 2.24) is 0 Å². The number of carboxylic acid groups (broad SMARTS) is 1. The molecule has 0 fully saturated rings. The molecule has 0 aromatic heterocycles. The van der Waals surface area contributed by atoms with Crippen molar-refractivity contribution in [2.75, 3.05) is 5.73 Å². The van der Waals surface area contributed by atoms with Crippen LogP contribution in [0.3, 0.4) is 0 Å². The summed E-state index contributed by atoms with van der Waals surface area (Å²) in [5, 5.41) is 19.2. The first-order chi connectivity index (χ1) is 5.11. The summed E-state index contributed by atoms with van der Waals surface area (Å²) in [6, 6.07) is 3.76. The molecule has 4 nitrogen and oxygen atoms in total. The van der Waals surface area contributed by atoms with Crippen LogP contribution in [0.2, 0.25) is 0 Å². The summed E-state index contributed by atoms with van der Waals surface area (Å²) in [5.74, 6) is -1.77. The molecule has 0 saturated carbocycles. The number of anilines is 1. The van der Waals surface area contributed by atoms with Crippen molar-refractivity contribution in [2.24, 2.45) is 0 Å². The molecule has 0 aliphatic heterocycles. The van der Waals surface area contributed by atoms with Gasteiger partial charge in [-0.1, -0.05) is 0 Å². The molecule has 1 rings (SSSR count). The summed E-state index contributed by atoms with van der Waals surface area (Å²) in [7, 11) is 0. The number of carboxylic acids is 1. The van der Waals surface area contributed by atoms with E-state index >= 15 is 0 Å². The molecular formula is C7H6LiNO3. The predicted octanol–water partition coefficient (Wildman–Crippen LogP) is -3.66. The number of carbonyl (C=O) groups excluding carboxylic acids is 1. The Hall–Kier alpha value is -1.11. The molecule has 12 heavy (non-hydrogen) atoms. The molecule has 0 spiro atoms. The van der Waals surface area contributed by atoms with Crippen molar-refractivity contribution in [1.29, 1.82) is 0 Å². The fraction of sp³-hybridized carbons (Fsp3) is 0. The number of carbonyl (C=O) groups is 1. The number of rotatable bonds is 1. The molecule has 0 radical (unpaired) electrons. The number of hydrogen-bond acceptors (Lipinski definition) is 4. The Bertz CT molecular complexity index is 301. The fourth-order valence-electron chi connectivity index (χ4n) is 0.717. The third kappa shape index (κ3) is 2.19. The molecule has 0 aliphatic rings. The second-order valence-electron chi connectivity index (χ2n) is 2.06. The first-order valence-corrected chi connectivity index (χ1v) is 2.91. The maximum atomic E-state index is 10.2. The van der Waals surface area contributed by atoms with E-state index in [2.05, 4.69) is 0 Å². The van der Waals surface area contributed by atoms with Crippen molar-refractivity contribution in [3.05, 3.63) is 23.8 Å². The van der Waals surface area contributed by atoms with Gasteiger partial charge in [0.1, 0.15) is 5.75 Å². The Kier molecular flexibility index (Phi) is 3.67. The van der Waals surface area contributed by atoms with Gasteiger partial charge in [0.2, 0.25) is 0 Å². The van der Waals surface area contributed by atoms with Crippen LogP contribution in [-0.4, -0.2) is 11.1 Å². The van der Waals surface area contributed by atoms with E-state index in [4.69, 9.17) is 10.8 Å². The van der Waals surface area contributed by atoms with Crippen LogP contribution < -0.4 is 29.7 Å². The summed E-state index contributed by atoms with van der Waals surface area (Å²) in [5.41, 5.74) is 5.26. The molecule has 3 N–H and O–H groups in total. The number of nitrogens with two attached hydrogens (primary N) is 1. The molecule has 0 amide bonds. The summed E-state index contributed by atoms with van der Waals surface area (Å²) < 4.78 is 0. The van der Waals surface area contributed by atoms with Gasteiger partial charge in [-0.25, -0.2) is 0 Å². The van der Waals surface area contributed by atoms with Crippen molar-refractivity contribution >= 4 is 11.7 Å². The Morgan fingerprint density at radius 2 is 2.08 bits per heavy atom. The SMILES string of the molecule is Nc1ccc(O)c(C(=O)[O-])c1.[Li+]. The normalized spacial score (nSPS) is 8.67. The molecule has 0 atom stereocenters. The topological polar surface area (TPSA) is 86.4 Å². The Labute approximate surface area is 81.2 Å². The van der Waals surface area contributed by atoms with E-state index < -0.39 is 5.97 Å². The molecule has 0 bridgehead atoms. The Morgan fingerprint density at radius 3 is 2.50 bits per heavy atom. The Balaban J connectivity index is 0.00000121. The number of benzene rings is 1. The largest absolute Gasteiger partial charge is 1.00 e. The van der Waals surface area contributed by atoms with Gasteiger partial charge in [0.25, 0.3) is 0 Å².